The normalized spacial score (nSPS) is 20.4. The highest BCUT2D eigenvalue weighted by Crippen LogP contribution is 2.25. The molecule has 6 heteroatoms. The van der Waals surface area contributed by atoms with Gasteiger partial charge in [-0.15, -0.1) is 0 Å². The zero-order valence-electron chi connectivity index (χ0n) is 16.3. The van der Waals surface area contributed by atoms with E-state index >= 15 is 0 Å². The minimum absolute atomic E-state index is 0.0596. The number of piperazine rings is 1. The van der Waals surface area contributed by atoms with Crippen LogP contribution >= 0.6 is 0 Å². The summed E-state index contributed by atoms with van der Waals surface area (Å²) in [5.41, 5.74) is 2.55. The van der Waals surface area contributed by atoms with E-state index in [0.717, 1.165) is 45.8 Å². The summed E-state index contributed by atoms with van der Waals surface area (Å²) < 4.78 is 1.92. The summed E-state index contributed by atoms with van der Waals surface area (Å²) in [6.45, 7) is 13.9. The molecule has 1 amide bonds. The number of rotatable bonds is 4. The van der Waals surface area contributed by atoms with Crippen LogP contribution in [0, 0.1) is 0 Å². The molecule has 0 N–H and O–H groups in total. The molecule has 2 aliphatic rings. The third-order valence-electron chi connectivity index (χ3n) is 5.29. The van der Waals surface area contributed by atoms with Crippen molar-refractivity contribution < 1.29 is 4.79 Å². The van der Waals surface area contributed by atoms with Crippen LogP contribution in [0.2, 0.25) is 0 Å². The Morgan fingerprint density at radius 3 is 2.28 bits per heavy atom. The molecular weight excluding hydrogens is 314 g/mol. The Balaban J connectivity index is 1.52. The summed E-state index contributed by atoms with van der Waals surface area (Å²) in [4.78, 5) is 19.2. The van der Waals surface area contributed by atoms with E-state index in [9.17, 15) is 4.79 Å². The molecule has 3 heterocycles. The lowest BCUT2D eigenvalue weighted by Gasteiger charge is -2.35. The number of aryl methyl sites for hydroxylation is 1. The maximum absolute atomic E-state index is 12.5. The van der Waals surface area contributed by atoms with Gasteiger partial charge in [0.25, 0.3) is 0 Å². The highest BCUT2D eigenvalue weighted by molar-refractivity contribution is 5.78. The van der Waals surface area contributed by atoms with E-state index < -0.39 is 0 Å². The van der Waals surface area contributed by atoms with Crippen LogP contribution in [0.3, 0.4) is 0 Å². The predicted molar refractivity (Wildman–Crippen MR) is 99.4 cm³/mol. The first-order valence-electron chi connectivity index (χ1n) is 9.58. The molecule has 0 saturated carbocycles. The van der Waals surface area contributed by atoms with Crippen LogP contribution in [0.5, 0.6) is 0 Å². The lowest BCUT2D eigenvalue weighted by Crippen LogP contribution is -2.50. The van der Waals surface area contributed by atoms with E-state index in [-0.39, 0.29) is 5.41 Å². The number of carbonyl (C=O) groups is 1. The highest BCUT2D eigenvalue weighted by atomic mass is 16.2. The lowest BCUT2D eigenvalue weighted by atomic mass is 9.89. The van der Waals surface area contributed by atoms with Gasteiger partial charge < -0.3 is 4.90 Å². The molecular formula is C19H33N5O. The van der Waals surface area contributed by atoms with Crippen LogP contribution in [-0.4, -0.2) is 76.2 Å². The van der Waals surface area contributed by atoms with Crippen molar-refractivity contribution in [2.24, 2.45) is 7.05 Å². The van der Waals surface area contributed by atoms with Crippen molar-refractivity contribution in [2.75, 3.05) is 45.8 Å². The number of aromatic nitrogens is 2. The Kier molecular flexibility index (Phi) is 5.49. The molecule has 0 spiro atoms. The fourth-order valence-electron chi connectivity index (χ4n) is 3.91. The largest absolute Gasteiger partial charge is 0.339 e. The van der Waals surface area contributed by atoms with Gasteiger partial charge in [-0.1, -0.05) is 20.8 Å². The maximum atomic E-state index is 12.5. The summed E-state index contributed by atoms with van der Waals surface area (Å²) in [5, 5.41) is 4.67. The summed E-state index contributed by atoms with van der Waals surface area (Å²) in [6.07, 6.45) is 4.62. The average Bonchev–Trinajstić information content (AvgIpc) is 3.17. The van der Waals surface area contributed by atoms with E-state index in [0.29, 0.717) is 12.5 Å². The molecule has 140 valence electrons. The third kappa shape index (κ3) is 4.61. The number of nitrogens with zero attached hydrogens (tertiary/aromatic N) is 5. The Bertz CT molecular complexity index is 589. The molecule has 0 bridgehead atoms. The first kappa shape index (κ1) is 18.4. The first-order valence-corrected chi connectivity index (χ1v) is 9.58. The molecule has 25 heavy (non-hydrogen) atoms. The molecule has 1 aromatic heterocycles. The molecule has 0 unspecified atom stereocenters. The average molecular weight is 348 g/mol. The Morgan fingerprint density at radius 1 is 1.04 bits per heavy atom. The number of amides is 1. The van der Waals surface area contributed by atoms with Crippen molar-refractivity contribution in [3.63, 3.8) is 0 Å². The highest BCUT2D eigenvalue weighted by Gasteiger charge is 2.26. The lowest BCUT2D eigenvalue weighted by molar-refractivity contribution is -0.134. The minimum atomic E-state index is 0.0596. The fraction of sp³-hybridized carbons (Fsp3) is 0.789. The molecule has 0 aromatic carbocycles. The van der Waals surface area contributed by atoms with Crippen molar-refractivity contribution >= 4 is 5.91 Å². The third-order valence-corrected chi connectivity index (χ3v) is 5.29. The molecule has 6 nitrogen and oxygen atoms in total. The van der Waals surface area contributed by atoms with Crippen molar-refractivity contribution in [2.45, 2.75) is 45.6 Å². The number of hydrogen-bond acceptors (Lipinski definition) is 4. The standard InChI is InChI=1S/C19H33N5O/c1-19(2,3)18-16(13-21(4)20-18)14-23-9-11-24(12-10-23)17(25)15-22-7-5-6-8-22/h13H,5-12,14-15H2,1-4H3. The summed E-state index contributed by atoms with van der Waals surface area (Å²) in [7, 11) is 1.99. The van der Waals surface area contributed by atoms with E-state index in [1.54, 1.807) is 0 Å². The summed E-state index contributed by atoms with van der Waals surface area (Å²) >= 11 is 0. The van der Waals surface area contributed by atoms with Gasteiger partial charge in [-0.3, -0.25) is 19.3 Å². The van der Waals surface area contributed by atoms with E-state index in [4.69, 9.17) is 0 Å². The Labute approximate surface area is 151 Å². The quantitative estimate of drug-likeness (QED) is 0.827. The molecule has 1 aromatic rings. The fourth-order valence-corrected chi connectivity index (χ4v) is 3.91. The van der Waals surface area contributed by atoms with Crippen molar-refractivity contribution in [3.05, 3.63) is 17.5 Å². The van der Waals surface area contributed by atoms with Gasteiger partial charge in [-0.2, -0.15) is 5.10 Å². The smallest absolute Gasteiger partial charge is 0.236 e. The molecule has 3 rings (SSSR count). The van der Waals surface area contributed by atoms with E-state index in [1.807, 2.05) is 16.6 Å². The Morgan fingerprint density at radius 2 is 1.68 bits per heavy atom. The van der Waals surface area contributed by atoms with E-state index in [2.05, 4.69) is 41.9 Å². The first-order chi connectivity index (χ1) is 11.8. The van der Waals surface area contributed by atoms with Crippen LogP contribution in [-0.2, 0) is 23.8 Å². The molecule has 0 radical (unpaired) electrons. The van der Waals surface area contributed by atoms with Crippen LogP contribution in [0.1, 0.15) is 44.9 Å². The van der Waals surface area contributed by atoms with Crippen molar-refractivity contribution in [1.82, 2.24) is 24.5 Å². The molecule has 0 atom stereocenters. The van der Waals surface area contributed by atoms with Gasteiger partial charge in [0.2, 0.25) is 5.91 Å². The minimum Gasteiger partial charge on any atom is -0.339 e. The predicted octanol–water partition coefficient (Wildman–Crippen LogP) is 1.46. The van der Waals surface area contributed by atoms with Gasteiger partial charge in [0.05, 0.1) is 12.2 Å². The van der Waals surface area contributed by atoms with Gasteiger partial charge in [-0.25, -0.2) is 0 Å². The molecule has 2 aliphatic heterocycles. The van der Waals surface area contributed by atoms with Gasteiger partial charge in [0.15, 0.2) is 0 Å². The second-order valence-corrected chi connectivity index (χ2v) is 8.57. The number of carbonyl (C=O) groups excluding carboxylic acids is 1. The van der Waals surface area contributed by atoms with Crippen LogP contribution in [0.25, 0.3) is 0 Å². The SMILES string of the molecule is Cn1cc(CN2CCN(C(=O)CN3CCCC3)CC2)c(C(C)(C)C)n1. The molecule has 0 aliphatic carbocycles. The van der Waals surface area contributed by atoms with E-state index in [1.165, 1.54) is 24.1 Å². The topological polar surface area (TPSA) is 44.6 Å². The zero-order chi connectivity index (χ0) is 18.0. The maximum Gasteiger partial charge on any atom is 0.236 e. The van der Waals surface area contributed by atoms with Gasteiger partial charge in [0.1, 0.15) is 0 Å². The van der Waals surface area contributed by atoms with Crippen molar-refractivity contribution in [1.29, 1.82) is 0 Å². The Hall–Kier alpha value is -1.40. The summed E-state index contributed by atoms with van der Waals surface area (Å²) in [5.74, 6) is 0.304. The van der Waals surface area contributed by atoms with Crippen LogP contribution in [0.15, 0.2) is 6.20 Å². The second-order valence-electron chi connectivity index (χ2n) is 8.57. The molecule has 2 fully saturated rings. The molecule has 2 saturated heterocycles. The van der Waals surface area contributed by atoms with Crippen LogP contribution in [0.4, 0.5) is 0 Å². The second kappa shape index (κ2) is 7.46. The van der Waals surface area contributed by atoms with Crippen molar-refractivity contribution in [3.8, 4) is 0 Å². The van der Waals surface area contributed by atoms with Gasteiger partial charge >= 0.3 is 0 Å². The number of hydrogen-bond donors (Lipinski definition) is 0. The van der Waals surface area contributed by atoms with Gasteiger partial charge in [0, 0.05) is 56.9 Å². The van der Waals surface area contributed by atoms with Crippen LogP contribution < -0.4 is 0 Å². The monoisotopic (exact) mass is 347 g/mol. The summed E-state index contributed by atoms with van der Waals surface area (Å²) in [6, 6.07) is 0. The zero-order valence-corrected chi connectivity index (χ0v) is 16.3. The number of likely N-dealkylation sites (tertiary alicyclic amines) is 1. The van der Waals surface area contributed by atoms with Gasteiger partial charge in [-0.05, 0) is 25.9 Å².